The van der Waals surface area contributed by atoms with Crippen LogP contribution in [0.5, 0.6) is 0 Å². The lowest BCUT2D eigenvalue weighted by atomic mass is 10.2. The van der Waals surface area contributed by atoms with Crippen molar-refractivity contribution in [3.63, 3.8) is 0 Å². The number of nitrogens with one attached hydrogen (secondary N) is 3. The minimum Gasteiger partial charge on any atom is -0.369 e. The highest BCUT2D eigenvalue weighted by atomic mass is 32.2. The van der Waals surface area contributed by atoms with Gasteiger partial charge in [0.15, 0.2) is 17.5 Å². The van der Waals surface area contributed by atoms with E-state index in [-0.39, 0.29) is 17.1 Å². The molecule has 3 rings (SSSR count). The van der Waals surface area contributed by atoms with Crippen molar-refractivity contribution >= 4 is 54.7 Å². The fourth-order valence-corrected chi connectivity index (χ4v) is 4.35. The standard InChI is InChI=1S/C17H15F4N5O3S2/c1-2-22-16-15-13(23-7-24-16)8(6-30-15)17(27)25-14-11(20)9(19)5-10(12(14)21)26-31(28,29)4-3-18/h5-7,26H,2-4H2,1H3,(H,25,27)(H,22,23,24). The molecule has 0 radical (unpaired) electrons. The van der Waals surface area contributed by atoms with Gasteiger partial charge in [0.05, 0.1) is 27.2 Å². The summed E-state index contributed by atoms with van der Waals surface area (Å²) in [5.41, 5.74) is -2.03. The van der Waals surface area contributed by atoms with Crippen LogP contribution < -0.4 is 15.4 Å². The van der Waals surface area contributed by atoms with E-state index >= 15 is 0 Å². The maximum atomic E-state index is 14.7. The number of anilines is 3. The second kappa shape index (κ2) is 9.01. The predicted octanol–water partition coefficient (Wildman–Crippen LogP) is 3.50. The molecule has 0 saturated heterocycles. The highest BCUT2D eigenvalue weighted by molar-refractivity contribution is 7.92. The molecule has 0 atom stereocenters. The Bertz CT molecular complexity index is 1250. The van der Waals surface area contributed by atoms with Crippen molar-refractivity contribution in [2.24, 2.45) is 0 Å². The number of sulfonamides is 1. The van der Waals surface area contributed by atoms with Gasteiger partial charge in [-0.2, -0.15) is 0 Å². The van der Waals surface area contributed by atoms with E-state index in [9.17, 15) is 30.8 Å². The molecule has 3 aromatic rings. The van der Waals surface area contributed by atoms with E-state index in [0.29, 0.717) is 17.1 Å². The summed E-state index contributed by atoms with van der Waals surface area (Å²) in [4.78, 5) is 20.7. The third-order valence-corrected chi connectivity index (χ3v) is 6.15. The maximum absolute atomic E-state index is 14.7. The maximum Gasteiger partial charge on any atom is 0.258 e. The van der Waals surface area contributed by atoms with E-state index in [0.717, 1.165) is 11.3 Å². The predicted molar refractivity (Wildman–Crippen MR) is 109 cm³/mol. The number of amides is 1. The molecule has 166 valence electrons. The molecular weight excluding hydrogens is 462 g/mol. The second-order valence-corrected chi connectivity index (χ2v) is 8.77. The van der Waals surface area contributed by atoms with Crippen LogP contribution in [-0.4, -0.2) is 43.3 Å². The number of benzene rings is 1. The second-order valence-electron chi connectivity index (χ2n) is 6.05. The minimum atomic E-state index is -4.35. The molecule has 0 spiro atoms. The van der Waals surface area contributed by atoms with Gasteiger partial charge in [0.1, 0.15) is 24.5 Å². The van der Waals surface area contributed by atoms with Gasteiger partial charge < -0.3 is 10.6 Å². The van der Waals surface area contributed by atoms with E-state index < -0.39 is 57.2 Å². The Morgan fingerprint density at radius 2 is 1.94 bits per heavy atom. The number of nitrogens with zero attached hydrogens (tertiary/aromatic N) is 2. The molecule has 8 nitrogen and oxygen atoms in total. The monoisotopic (exact) mass is 477 g/mol. The summed E-state index contributed by atoms with van der Waals surface area (Å²) in [6.07, 6.45) is 1.20. The number of carbonyl (C=O) groups is 1. The zero-order chi connectivity index (χ0) is 22.8. The molecular formula is C17H15F4N5O3S2. The molecule has 0 bridgehead atoms. The summed E-state index contributed by atoms with van der Waals surface area (Å²) in [6.45, 7) is 1.11. The van der Waals surface area contributed by atoms with Crippen LogP contribution >= 0.6 is 11.3 Å². The van der Waals surface area contributed by atoms with Crippen LogP contribution in [0.15, 0.2) is 17.8 Å². The van der Waals surface area contributed by atoms with Crippen molar-refractivity contribution in [3.8, 4) is 0 Å². The molecule has 3 N–H and O–H groups in total. The van der Waals surface area contributed by atoms with E-state index in [2.05, 4.69) is 15.3 Å². The number of fused-ring (bicyclic) bond motifs is 1. The van der Waals surface area contributed by atoms with Gasteiger partial charge >= 0.3 is 0 Å². The van der Waals surface area contributed by atoms with Gasteiger partial charge in [0.25, 0.3) is 5.91 Å². The summed E-state index contributed by atoms with van der Waals surface area (Å²) in [5, 5.41) is 6.28. The molecule has 2 aromatic heterocycles. The zero-order valence-corrected chi connectivity index (χ0v) is 17.4. The lowest BCUT2D eigenvalue weighted by Crippen LogP contribution is -2.20. The summed E-state index contributed by atoms with van der Waals surface area (Å²) < 4.78 is 80.6. The smallest absolute Gasteiger partial charge is 0.258 e. The van der Waals surface area contributed by atoms with Crippen molar-refractivity contribution in [2.45, 2.75) is 6.92 Å². The summed E-state index contributed by atoms with van der Waals surface area (Å²) in [5.74, 6) is -6.49. The Hall–Kier alpha value is -3.00. The largest absolute Gasteiger partial charge is 0.369 e. The van der Waals surface area contributed by atoms with E-state index in [1.54, 1.807) is 4.72 Å². The van der Waals surface area contributed by atoms with Crippen molar-refractivity contribution in [1.82, 2.24) is 9.97 Å². The topological polar surface area (TPSA) is 113 Å². The molecule has 14 heteroatoms. The Labute approximate surface area is 177 Å². The van der Waals surface area contributed by atoms with Crippen LogP contribution in [0.3, 0.4) is 0 Å². The molecule has 0 aliphatic heterocycles. The molecule has 1 aromatic carbocycles. The fourth-order valence-electron chi connectivity index (χ4n) is 2.59. The van der Waals surface area contributed by atoms with Crippen LogP contribution in [0, 0.1) is 17.5 Å². The summed E-state index contributed by atoms with van der Waals surface area (Å²) in [6, 6.07) is 0.256. The first-order chi connectivity index (χ1) is 14.7. The lowest BCUT2D eigenvalue weighted by molar-refractivity contribution is 0.102. The van der Waals surface area contributed by atoms with E-state index in [4.69, 9.17) is 0 Å². The molecule has 0 fully saturated rings. The molecule has 0 saturated carbocycles. The average molecular weight is 477 g/mol. The summed E-state index contributed by atoms with van der Waals surface area (Å²) >= 11 is 1.11. The van der Waals surface area contributed by atoms with Gasteiger partial charge in [0.2, 0.25) is 10.0 Å². The van der Waals surface area contributed by atoms with Crippen molar-refractivity contribution in [3.05, 3.63) is 40.8 Å². The zero-order valence-electron chi connectivity index (χ0n) is 15.8. The minimum absolute atomic E-state index is 0.0517. The Morgan fingerprint density at radius 3 is 2.61 bits per heavy atom. The van der Waals surface area contributed by atoms with E-state index in [1.807, 2.05) is 12.2 Å². The number of alkyl halides is 1. The molecule has 1 amide bonds. The molecule has 31 heavy (non-hydrogen) atoms. The first kappa shape index (κ1) is 22.7. The number of rotatable bonds is 8. The number of hydrogen-bond donors (Lipinski definition) is 3. The van der Waals surface area contributed by atoms with Crippen LogP contribution in [0.25, 0.3) is 10.2 Å². The summed E-state index contributed by atoms with van der Waals surface area (Å²) in [7, 11) is -4.35. The Kier molecular flexibility index (Phi) is 6.59. The van der Waals surface area contributed by atoms with Crippen molar-refractivity contribution in [1.29, 1.82) is 0 Å². The van der Waals surface area contributed by atoms with Gasteiger partial charge in [0, 0.05) is 18.0 Å². The lowest BCUT2D eigenvalue weighted by Gasteiger charge is -2.13. The van der Waals surface area contributed by atoms with Crippen LogP contribution in [0.4, 0.5) is 34.8 Å². The number of aromatic nitrogens is 2. The molecule has 2 heterocycles. The van der Waals surface area contributed by atoms with Gasteiger partial charge in [-0.1, -0.05) is 0 Å². The third-order valence-electron chi connectivity index (χ3n) is 3.95. The van der Waals surface area contributed by atoms with Crippen LogP contribution in [0.1, 0.15) is 17.3 Å². The van der Waals surface area contributed by atoms with Crippen LogP contribution in [0.2, 0.25) is 0 Å². The van der Waals surface area contributed by atoms with Gasteiger partial charge in [-0.15, -0.1) is 11.3 Å². The Balaban J connectivity index is 1.98. The molecule has 0 aliphatic rings. The normalized spacial score (nSPS) is 11.5. The highest BCUT2D eigenvalue weighted by Gasteiger charge is 2.25. The first-order valence-corrected chi connectivity index (χ1v) is 11.2. The quantitative estimate of drug-likeness (QED) is 0.338. The van der Waals surface area contributed by atoms with Crippen LogP contribution in [-0.2, 0) is 10.0 Å². The third kappa shape index (κ3) is 4.69. The number of halogens is 4. The average Bonchev–Trinajstić information content (AvgIpc) is 3.14. The fraction of sp³-hybridized carbons (Fsp3) is 0.235. The number of hydrogen-bond acceptors (Lipinski definition) is 7. The van der Waals surface area contributed by atoms with Gasteiger partial charge in [-0.25, -0.2) is 35.9 Å². The first-order valence-electron chi connectivity index (χ1n) is 8.69. The van der Waals surface area contributed by atoms with Gasteiger partial charge in [-0.05, 0) is 6.92 Å². The number of thiophene rings is 1. The highest BCUT2D eigenvalue weighted by Crippen LogP contribution is 2.32. The molecule has 0 aliphatic carbocycles. The van der Waals surface area contributed by atoms with E-state index in [1.165, 1.54) is 11.7 Å². The van der Waals surface area contributed by atoms with Crippen molar-refractivity contribution in [2.75, 3.05) is 34.3 Å². The van der Waals surface area contributed by atoms with Gasteiger partial charge in [-0.3, -0.25) is 9.52 Å². The number of carbonyl (C=O) groups excluding carboxylic acids is 1. The molecule has 0 unspecified atom stereocenters. The SMILES string of the molecule is CCNc1ncnc2c(C(=O)Nc3c(F)c(F)cc(NS(=O)(=O)CCF)c3F)csc12. The van der Waals surface area contributed by atoms with Crippen molar-refractivity contribution < 1.29 is 30.8 Å². The Morgan fingerprint density at radius 1 is 1.19 bits per heavy atom.